The van der Waals surface area contributed by atoms with Crippen LogP contribution >= 0.6 is 23.2 Å². The number of rotatable bonds is 4. The molecule has 108 valence electrons. The predicted molar refractivity (Wildman–Crippen MR) is 89.4 cm³/mol. The van der Waals surface area contributed by atoms with E-state index in [1.165, 1.54) is 0 Å². The van der Waals surface area contributed by atoms with E-state index in [-0.39, 0.29) is 5.78 Å². The molecule has 0 atom stereocenters. The number of halogens is 2. The first-order valence-corrected chi connectivity index (χ1v) is 7.22. The van der Waals surface area contributed by atoms with Crippen molar-refractivity contribution in [1.82, 2.24) is 0 Å². The quantitative estimate of drug-likeness (QED) is 0.595. The maximum atomic E-state index is 12.1. The second kappa shape index (κ2) is 6.79. The molecule has 0 saturated heterocycles. The highest BCUT2D eigenvalue weighted by Crippen LogP contribution is 2.24. The Kier molecular flexibility index (Phi) is 5.05. The Morgan fingerprint density at radius 1 is 1.10 bits per heavy atom. The van der Waals surface area contributed by atoms with E-state index in [1.807, 2.05) is 32.0 Å². The Morgan fingerprint density at radius 3 is 2.43 bits per heavy atom. The predicted octanol–water partition coefficient (Wildman–Crippen LogP) is 5.50. The van der Waals surface area contributed by atoms with Crippen LogP contribution < -0.4 is 5.32 Å². The average molecular weight is 320 g/mol. The zero-order chi connectivity index (χ0) is 15.4. The van der Waals surface area contributed by atoms with Gasteiger partial charge in [0.25, 0.3) is 0 Å². The largest absolute Gasteiger partial charge is 0.358 e. The van der Waals surface area contributed by atoms with Crippen molar-refractivity contribution in [3.05, 3.63) is 75.4 Å². The molecule has 2 rings (SSSR count). The Balaban J connectivity index is 2.15. The number of anilines is 1. The van der Waals surface area contributed by atoms with Crippen LogP contribution in [0.1, 0.15) is 22.8 Å². The number of carbonyl (C=O) groups is 1. The molecule has 0 amide bonds. The van der Waals surface area contributed by atoms with E-state index in [0.717, 1.165) is 16.9 Å². The van der Waals surface area contributed by atoms with Crippen molar-refractivity contribution in [2.24, 2.45) is 0 Å². The number of aryl methyl sites for hydroxylation is 1. The van der Waals surface area contributed by atoms with E-state index in [9.17, 15) is 4.79 Å². The zero-order valence-corrected chi connectivity index (χ0v) is 13.3. The highest BCUT2D eigenvalue weighted by atomic mass is 35.5. The third kappa shape index (κ3) is 4.35. The van der Waals surface area contributed by atoms with Gasteiger partial charge in [-0.15, -0.1) is 0 Å². The van der Waals surface area contributed by atoms with Gasteiger partial charge in [0.2, 0.25) is 0 Å². The molecule has 2 aromatic carbocycles. The fourth-order valence-electron chi connectivity index (χ4n) is 1.88. The van der Waals surface area contributed by atoms with Crippen molar-refractivity contribution in [2.45, 2.75) is 13.8 Å². The van der Waals surface area contributed by atoms with Gasteiger partial charge in [-0.05, 0) is 55.8 Å². The van der Waals surface area contributed by atoms with E-state index < -0.39 is 0 Å². The highest BCUT2D eigenvalue weighted by Gasteiger charge is 2.05. The lowest BCUT2D eigenvalue weighted by Gasteiger charge is -2.09. The smallest absolute Gasteiger partial charge is 0.187 e. The first-order valence-electron chi connectivity index (χ1n) is 6.47. The topological polar surface area (TPSA) is 29.1 Å². The van der Waals surface area contributed by atoms with Gasteiger partial charge in [0, 0.05) is 22.4 Å². The minimum Gasteiger partial charge on any atom is -0.358 e. The molecule has 2 aromatic rings. The van der Waals surface area contributed by atoms with Crippen LogP contribution in [0.5, 0.6) is 0 Å². The number of benzene rings is 2. The molecule has 0 aliphatic heterocycles. The standard InChI is InChI=1S/C17H15Cl2NO/c1-11-3-8-15(19)16(9-11)20-12(2)10-17(21)13-4-6-14(18)7-5-13/h3-10,20H,1-2H3. The molecule has 0 unspecified atom stereocenters. The fourth-order valence-corrected chi connectivity index (χ4v) is 2.17. The van der Waals surface area contributed by atoms with Gasteiger partial charge in [-0.1, -0.05) is 29.3 Å². The fraction of sp³-hybridized carbons (Fsp3) is 0.118. The van der Waals surface area contributed by atoms with Crippen LogP contribution in [-0.2, 0) is 0 Å². The third-order valence-electron chi connectivity index (χ3n) is 2.93. The van der Waals surface area contributed by atoms with Crippen LogP contribution in [0.25, 0.3) is 0 Å². The molecule has 0 radical (unpaired) electrons. The van der Waals surface area contributed by atoms with E-state index in [0.29, 0.717) is 15.6 Å². The van der Waals surface area contributed by atoms with E-state index >= 15 is 0 Å². The zero-order valence-electron chi connectivity index (χ0n) is 11.8. The maximum absolute atomic E-state index is 12.1. The minimum atomic E-state index is -0.0829. The van der Waals surface area contributed by atoms with Crippen LogP contribution in [0.15, 0.2) is 54.2 Å². The van der Waals surface area contributed by atoms with Crippen molar-refractivity contribution in [2.75, 3.05) is 5.32 Å². The lowest BCUT2D eigenvalue weighted by atomic mass is 10.1. The first-order chi connectivity index (χ1) is 9.95. The SMILES string of the molecule is CC(=CC(=O)c1ccc(Cl)cc1)Nc1cc(C)ccc1Cl. The highest BCUT2D eigenvalue weighted by molar-refractivity contribution is 6.33. The molecular formula is C17H15Cl2NO. The summed E-state index contributed by atoms with van der Waals surface area (Å²) in [7, 11) is 0. The minimum absolute atomic E-state index is 0.0829. The Morgan fingerprint density at radius 2 is 1.76 bits per heavy atom. The molecule has 0 aliphatic carbocycles. The normalized spacial score (nSPS) is 11.3. The van der Waals surface area contributed by atoms with Crippen molar-refractivity contribution in [3.63, 3.8) is 0 Å². The summed E-state index contributed by atoms with van der Waals surface area (Å²) in [5.41, 5.74) is 3.20. The second-order valence-electron chi connectivity index (χ2n) is 4.81. The van der Waals surface area contributed by atoms with Gasteiger partial charge in [0.1, 0.15) is 0 Å². The molecule has 0 spiro atoms. The molecule has 0 saturated carbocycles. The Labute approximate surface area is 134 Å². The van der Waals surface area contributed by atoms with Gasteiger partial charge in [0.15, 0.2) is 5.78 Å². The monoisotopic (exact) mass is 319 g/mol. The van der Waals surface area contributed by atoms with E-state index in [1.54, 1.807) is 30.3 Å². The van der Waals surface area contributed by atoms with Gasteiger partial charge < -0.3 is 5.32 Å². The first kappa shape index (κ1) is 15.6. The van der Waals surface area contributed by atoms with E-state index in [2.05, 4.69) is 5.32 Å². The molecule has 4 heteroatoms. The summed E-state index contributed by atoms with van der Waals surface area (Å²) in [6, 6.07) is 12.5. The summed E-state index contributed by atoms with van der Waals surface area (Å²) in [6.45, 7) is 3.81. The van der Waals surface area contributed by atoms with Crippen molar-refractivity contribution < 1.29 is 4.79 Å². The number of hydrogen-bond donors (Lipinski definition) is 1. The molecule has 0 heterocycles. The van der Waals surface area contributed by atoms with Gasteiger partial charge in [-0.2, -0.15) is 0 Å². The summed E-state index contributed by atoms with van der Waals surface area (Å²) < 4.78 is 0. The molecule has 2 nitrogen and oxygen atoms in total. The van der Waals surface area contributed by atoms with E-state index in [4.69, 9.17) is 23.2 Å². The molecule has 0 aliphatic rings. The lowest BCUT2D eigenvalue weighted by molar-refractivity contribution is 0.104. The summed E-state index contributed by atoms with van der Waals surface area (Å²) in [5.74, 6) is -0.0829. The third-order valence-corrected chi connectivity index (χ3v) is 3.51. The van der Waals surface area contributed by atoms with Gasteiger partial charge in [0.05, 0.1) is 10.7 Å². The van der Waals surface area contributed by atoms with Crippen LogP contribution in [-0.4, -0.2) is 5.78 Å². The van der Waals surface area contributed by atoms with Crippen LogP contribution in [0, 0.1) is 6.92 Å². The Hall–Kier alpha value is -1.77. The second-order valence-corrected chi connectivity index (χ2v) is 5.65. The van der Waals surface area contributed by atoms with Crippen LogP contribution in [0.4, 0.5) is 5.69 Å². The lowest BCUT2D eigenvalue weighted by Crippen LogP contribution is -2.02. The molecule has 0 aromatic heterocycles. The Bertz CT molecular complexity index is 690. The van der Waals surface area contributed by atoms with Crippen LogP contribution in [0.3, 0.4) is 0 Å². The van der Waals surface area contributed by atoms with Crippen LogP contribution in [0.2, 0.25) is 10.0 Å². The average Bonchev–Trinajstić information content (AvgIpc) is 2.43. The maximum Gasteiger partial charge on any atom is 0.187 e. The molecule has 1 N–H and O–H groups in total. The number of allylic oxidation sites excluding steroid dienone is 2. The number of hydrogen-bond acceptors (Lipinski definition) is 2. The number of carbonyl (C=O) groups excluding carboxylic acids is 1. The number of ketones is 1. The van der Waals surface area contributed by atoms with Gasteiger partial charge in [-0.25, -0.2) is 0 Å². The van der Waals surface area contributed by atoms with Crippen molar-refractivity contribution in [1.29, 1.82) is 0 Å². The summed E-state index contributed by atoms with van der Waals surface area (Å²) >= 11 is 11.9. The molecule has 21 heavy (non-hydrogen) atoms. The molecular weight excluding hydrogens is 305 g/mol. The van der Waals surface area contributed by atoms with Crippen molar-refractivity contribution in [3.8, 4) is 0 Å². The molecule has 0 fully saturated rings. The number of nitrogens with one attached hydrogen (secondary N) is 1. The molecule has 0 bridgehead atoms. The summed E-state index contributed by atoms with van der Waals surface area (Å²) in [5, 5.41) is 4.37. The van der Waals surface area contributed by atoms with Gasteiger partial charge >= 0.3 is 0 Å². The van der Waals surface area contributed by atoms with Crippen molar-refractivity contribution >= 4 is 34.7 Å². The summed E-state index contributed by atoms with van der Waals surface area (Å²) in [4.78, 5) is 12.1. The summed E-state index contributed by atoms with van der Waals surface area (Å²) in [6.07, 6.45) is 1.54. The van der Waals surface area contributed by atoms with Gasteiger partial charge in [-0.3, -0.25) is 4.79 Å².